The van der Waals surface area contributed by atoms with Crippen molar-refractivity contribution >= 4 is 13.8 Å². The van der Waals surface area contributed by atoms with E-state index in [4.69, 9.17) is 0 Å². The molecule has 102 valence electrons. The number of rotatable bonds is 6. The molecule has 0 rings (SSSR count). The first-order valence-electron chi connectivity index (χ1n) is 4.33. The van der Waals surface area contributed by atoms with E-state index in [1.807, 2.05) is 0 Å². The first-order chi connectivity index (χ1) is 7.70. The summed E-state index contributed by atoms with van der Waals surface area (Å²) in [7, 11) is -2.79. The van der Waals surface area contributed by atoms with Crippen LogP contribution in [-0.4, -0.2) is 39.1 Å². The molecule has 1 unspecified atom stereocenters. The second-order valence-corrected chi connectivity index (χ2v) is 4.43. The van der Waals surface area contributed by atoms with Crippen LogP contribution < -0.4 is 0 Å². The molecule has 0 aromatic rings. The molecule has 0 aliphatic heterocycles. The molecule has 0 saturated carbocycles. The van der Waals surface area contributed by atoms with Gasteiger partial charge in [-0.2, -0.15) is 13.2 Å². The average molecular weight is 280 g/mol. The van der Waals surface area contributed by atoms with Crippen molar-refractivity contribution in [1.82, 2.24) is 0 Å². The SMILES string of the molecule is CCOC(=O)C(OP(=O)(OC)OC)C(F)(F)F. The van der Waals surface area contributed by atoms with Crippen molar-refractivity contribution in [3.63, 3.8) is 0 Å². The van der Waals surface area contributed by atoms with Gasteiger partial charge in [0.1, 0.15) is 0 Å². The van der Waals surface area contributed by atoms with Gasteiger partial charge in [-0.25, -0.2) is 9.36 Å². The first kappa shape index (κ1) is 16.4. The Morgan fingerprint density at radius 3 is 2.06 bits per heavy atom. The molecule has 0 N–H and O–H groups in total. The van der Waals surface area contributed by atoms with Gasteiger partial charge in [-0.15, -0.1) is 0 Å². The molecular weight excluding hydrogens is 268 g/mol. The van der Waals surface area contributed by atoms with E-state index in [0.29, 0.717) is 0 Å². The summed E-state index contributed by atoms with van der Waals surface area (Å²) in [5, 5.41) is 0. The summed E-state index contributed by atoms with van der Waals surface area (Å²) in [6, 6.07) is 0. The van der Waals surface area contributed by atoms with Crippen molar-refractivity contribution in [2.24, 2.45) is 0 Å². The standard InChI is InChI=1S/C7H12F3O6P/c1-4-15-6(11)5(7(8,9)10)16-17(12,13-2)14-3/h5H,4H2,1-3H3. The summed E-state index contributed by atoms with van der Waals surface area (Å²) in [5.74, 6) is -1.71. The molecule has 0 amide bonds. The van der Waals surface area contributed by atoms with Crippen molar-refractivity contribution in [3.05, 3.63) is 0 Å². The van der Waals surface area contributed by atoms with Gasteiger partial charge >= 0.3 is 20.0 Å². The third-order valence-electron chi connectivity index (χ3n) is 1.48. The molecule has 0 spiro atoms. The second-order valence-electron chi connectivity index (χ2n) is 2.59. The minimum absolute atomic E-state index is 0.279. The zero-order valence-electron chi connectivity index (χ0n) is 9.32. The van der Waals surface area contributed by atoms with Gasteiger partial charge in [0.05, 0.1) is 6.61 Å². The van der Waals surface area contributed by atoms with Gasteiger partial charge in [0.2, 0.25) is 0 Å². The van der Waals surface area contributed by atoms with Gasteiger partial charge in [0.15, 0.2) is 0 Å². The minimum atomic E-state index is -5.08. The van der Waals surface area contributed by atoms with Crippen molar-refractivity contribution < 1.29 is 40.8 Å². The fraction of sp³-hybridized carbons (Fsp3) is 0.857. The van der Waals surface area contributed by atoms with Gasteiger partial charge in [-0.05, 0) is 6.92 Å². The second kappa shape index (κ2) is 6.34. The van der Waals surface area contributed by atoms with Crippen LogP contribution in [0.1, 0.15) is 6.92 Å². The van der Waals surface area contributed by atoms with Crippen molar-refractivity contribution in [2.75, 3.05) is 20.8 Å². The normalized spacial score (nSPS) is 14.5. The fourth-order valence-electron chi connectivity index (χ4n) is 0.744. The minimum Gasteiger partial charge on any atom is -0.464 e. The summed E-state index contributed by atoms with van der Waals surface area (Å²) in [4.78, 5) is 11.0. The Morgan fingerprint density at radius 1 is 1.29 bits per heavy atom. The van der Waals surface area contributed by atoms with E-state index < -0.39 is 26.1 Å². The molecule has 0 aromatic carbocycles. The molecule has 1 atom stereocenters. The Balaban J connectivity index is 4.97. The fourth-order valence-corrected chi connectivity index (χ4v) is 1.53. The van der Waals surface area contributed by atoms with Crippen LogP contribution in [0.15, 0.2) is 0 Å². The van der Waals surface area contributed by atoms with Crippen LogP contribution in [0.4, 0.5) is 13.2 Å². The van der Waals surface area contributed by atoms with Gasteiger partial charge < -0.3 is 4.74 Å². The van der Waals surface area contributed by atoms with Gasteiger partial charge in [0.25, 0.3) is 6.10 Å². The zero-order chi connectivity index (χ0) is 13.7. The van der Waals surface area contributed by atoms with Crippen LogP contribution in [-0.2, 0) is 27.7 Å². The summed E-state index contributed by atoms with van der Waals surface area (Å²) in [5.41, 5.74) is 0. The highest BCUT2D eigenvalue weighted by atomic mass is 31.2. The highest BCUT2D eigenvalue weighted by molar-refractivity contribution is 7.48. The number of carbonyl (C=O) groups excluding carboxylic acids is 1. The summed E-state index contributed by atoms with van der Waals surface area (Å²) < 4.78 is 65.1. The quantitative estimate of drug-likeness (QED) is 0.546. The van der Waals surface area contributed by atoms with Gasteiger partial charge in [-0.1, -0.05) is 0 Å². The van der Waals surface area contributed by atoms with Crippen LogP contribution >= 0.6 is 7.82 Å². The maximum absolute atomic E-state index is 12.4. The highest BCUT2D eigenvalue weighted by Crippen LogP contribution is 2.50. The molecule has 0 aliphatic carbocycles. The van der Waals surface area contributed by atoms with E-state index in [0.717, 1.165) is 14.2 Å². The van der Waals surface area contributed by atoms with E-state index in [9.17, 15) is 22.5 Å². The van der Waals surface area contributed by atoms with E-state index in [-0.39, 0.29) is 6.61 Å². The van der Waals surface area contributed by atoms with Crippen molar-refractivity contribution in [2.45, 2.75) is 19.2 Å². The molecule has 0 bridgehead atoms. The van der Waals surface area contributed by atoms with E-state index >= 15 is 0 Å². The lowest BCUT2D eigenvalue weighted by atomic mass is 10.3. The molecule has 0 radical (unpaired) electrons. The predicted molar refractivity (Wildman–Crippen MR) is 49.2 cm³/mol. The molecular formula is C7H12F3O6P. The maximum Gasteiger partial charge on any atom is 0.475 e. The number of hydrogen-bond acceptors (Lipinski definition) is 6. The number of phosphoric ester groups is 1. The number of esters is 1. The predicted octanol–water partition coefficient (Wildman–Crippen LogP) is 1.90. The van der Waals surface area contributed by atoms with Gasteiger partial charge in [-0.3, -0.25) is 13.6 Å². The lowest BCUT2D eigenvalue weighted by Gasteiger charge is -2.22. The van der Waals surface area contributed by atoms with Crippen molar-refractivity contribution in [3.8, 4) is 0 Å². The number of alkyl halides is 3. The summed E-state index contributed by atoms with van der Waals surface area (Å²) in [6.45, 7) is 1.04. The Labute approximate surface area is 95.6 Å². The third-order valence-corrected chi connectivity index (χ3v) is 2.84. The van der Waals surface area contributed by atoms with E-state index in [2.05, 4.69) is 18.3 Å². The third kappa shape index (κ3) is 5.03. The number of carbonyl (C=O) groups is 1. The Bertz CT molecular complexity index is 296. The number of halogens is 3. The lowest BCUT2D eigenvalue weighted by Crippen LogP contribution is -2.39. The molecule has 10 heteroatoms. The summed E-state index contributed by atoms with van der Waals surface area (Å²) >= 11 is 0. The van der Waals surface area contributed by atoms with E-state index in [1.165, 1.54) is 6.92 Å². The van der Waals surface area contributed by atoms with Gasteiger partial charge in [0, 0.05) is 14.2 Å². The highest BCUT2D eigenvalue weighted by Gasteiger charge is 2.51. The zero-order valence-corrected chi connectivity index (χ0v) is 10.2. The molecule has 17 heavy (non-hydrogen) atoms. The topological polar surface area (TPSA) is 71.1 Å². The molecule has 0 heterocycles. The largest absolute Gasteiger partial charge is 0.475 e. The Kier molecular flexibility index (Phi) is 6.11. The Hall–Kier alpha value is -0.630. The number of ether oxygens (including phenoxy) is 1. The maximum atomic E-state index is 12.4. The average Bonchev–Trinajstić information content (AvgIpc) is 2.24. The van der Waals surface area contributed by atoms with Crippen LogP contribution in [0.2, 0.25) is 0 Å². The van der Waals surface area contributed by atoms with Crippen LogP contribution in [0, 0.1) is 0 Å². The number of phosphoric acid groups is 1. The smallest absolute Gasteiger partial charge is 0.464 e. The first-order valence-corrected chi connectivity index (χ1v) is 5.79. The Morgan fingerprint density at radius 2 is 1.76 bits per heavy atom. The monoisotopic (exact) mass is 280 g/mol. The molecule has 0 saturated heterocycles. The van der Waals surface area contributed by atoms with Crippen LogP contribution in [0.25, 0.3) is 0 Å². The lowest BCUT2D eigenvalue weighted by molar-refractivity contribution is -0.214. The van der Waals surface area contributed by atoms with Crippen LogP contribution in [0.3, 0.4) is 0 Å². The number of hydrogen-bond donors (Lipinski definition) is 0. The summed E-state index contributed by atoms with van der Waals surface area (Å²) in [6.07, 6.45) is -8.10. The molecule has 6 nitrogen and oxygen atoms in total. The van der Waals surface area contributed by atoms with Crippen LogP contribution in [0.5, 0.6) is 0 Å². The van der Waals surface area contributed by atoms with E-state index in [1.54, 1.807) is 0 Å². The molecule has 0 aliphatic rings. The molecule has 0 fully saturated rings. The molecule has 0 aromatic heterocycles. The van der Waals surface area contributed by atoms with Crippen molar-refractivity contribution in [1.29, 1.82) is 0 Å².